The number of hydrogen-bond donors (Lipinski definition) is 0. The van der Waals surface area contributed by atoms with E-state index in [4.69, 9.17) is 21.4 Å². The third-order valence-electron chi connectivity index (χ3n) is 5.64. The summed E-state index contributed by atoms with van der Waals surface area (Å²) in [6.07, 6.45) is 4.32. The van der Waals surface area contributed by atoms with Gasteiger partial charge < -0.3 is 4.74 Å². The Hall–Kier alpha value is -2.27. The van der Waals surface area contributed by atoms with Crippen molar-refractivity contribution in [2.45, 2.75) is 59.3 Å². The lowest BCUT2D eigenvalue weighted by Crippen LogP contribution is -2.24. The number of benzene rings is 1. The van der Waals surface area contributed by atoms with Crippen LogP contribution >= 0.6 is 11.6 Å². The highest BCUT2D eigenvalue weighted by Gasteiger charge is 2.23. The first-order chi connectivity index (χ1) is 13.8. The molecule has 5 nitrogen and oxygen atoms in total. The lowest BCUT2D eigenvalue weighted by atomic mass is 9.91. The minimum absolute atomic E-state index is 0.0402. The monoisotopic (exact) mass is 415 g/mol. The molecular formula is C23H30ClN3O2. The predicted molar refractivity (Wildman–Crippen MR) is 119 cm³/mol. The fraction of sp³-hybridized carbons (Fsp3) is 0.478. The molecule has 0 fully saturated rings. The van der Waals surface area contributed by atoms with E-state index in [9.17, 15) is 4.79 Å². The third-order valence-corrected chi connectivity index (χ3v) is 5.94. The van der Waals surface area contributed by atoms with E-state index >= 15 is 0 Å². The molecule has 2 heterocycles. The second kappa shape index (κ2) is 8.62. The van der Waals surface area contributed by atoms with Gasteiger partial charge in [0.05, 0.1) is 12.1 Å². The molecule has 1 aromatic carbocycles. The fourth-order valence-corrected chi connectivity index (χ4v) is 4.55. The van der Waals surface area contributed by atoms with Gasteiger partial charge in [0.15, 0.2) is 5.82 Å². The number of nitrogens with zero attached hydrogens (tertiary/aromatic N) is 3. The van der Waals surface area contributed by atoms with Crippen LogP contribution in [0.15, 0.2) is 23.0 Å². The Bertz CT molecular complexity index is 1070. The zero-order valence-corrected chi connectivity index (χ0v) is 18.9. The van der Waals surface area contributed by atoms with Crippen molar-refractivity contribution >= 4 is 17.1 Å². The lowest BCUT2D eigenvalue weighted by molar-refractivity contribution is 0.414. The van der Waals surface area contributed by atoms with Crippen molar-refractivity contribution in [3.05, 3.63) is 50.4 Å². The first-order valence-electron chi connectivity index (χ1n) is 10.3. The van der Waals surface area contributed by atoms with E-state index in [0.717, 1.165) is 48.1 Å². The van der Waals surface area contributed by atoms with E-state index in [1.807, 2.05) is 19.9 Å². The van der Waals surface area contributed by atoms with E-state index in [1.165, 1.54) is 0 Å². The first-order valence-corrected chi connectivity index (χ1v) is 10.7. The van der Waals surface area contributed by atoms with Crippen molar-refractivity contribution in [1.82, 2.24) is 14.2 Å². The van der Waals surface area contributed by atoms with Crippen LogP contribution in [-0.4, -0.2) is 21.3 Å². The summed E-state index contributed by atoms with van der Waals surface area (Å²) in [6.45, 7) is 8.34. The number of aromatic nitrogens is 3. The molecule has 0 unspecified atom stereocenters. The second-order valence-corrected chi connectivity index (χ2v) is 8.17. The summed E-state index contributed by atoms with van der Waals surface area (Å²) < 4.78 is 8.72. The molecule has 0 saturated carbocycles. The van der Waals surface area contributed by atoms with Gasteiger partial charge in [0, 0.05) is 18.3 Å². The van der Waals surface area contributed by atoms with Gasteiger partial charge in [0.25, 0.3) is 5.56 Å². The minimum atomic E-state index is -0.0402. The number of methoxy groups -OCH3 is 1. The molecule has 2 aromatic heterocycles. The largest absolute Gasteiger partial charge is 0.497 e. The van der Waals surface area contributed by atoms with E-state index in [-0.39, 0.29) is 5.56 Å². The fourth-order valence-electron chi connectivity index (χ4n) is 4.21. The third kappa shape index (κ3) is 3.80. The summed E-state index contributed by atoms with van der Waals surface area (Å²) in [4.78, 5) is 13.4. The van der Waals surface area contributed by atoms with Crippen molar-refractivity contribution in [1.29, 1.82) is 0 Å². The number of halogens is 1. The van der Waals surface area contributed by atoms with Gasteiger partial charge >= 0.3 is 0 Å². The molecule has 3 aromatic rings. The summed E-state index contributed by atoms with van der Waals surface area (Å²) in [5.74, 6) is 1.62. The van der Waals surface area contributed by atoms with Crippen molar-refractivity contribution in [2.75, 3.05) is 7.11 Å². The molecule has 0 N–H and O–H groups in total. The van der Waals surface area contributed by atoms with Crippen LogP contribution in [-0.2, 0) is 7.05 Å². The van der Waals surface area contributed by atoms with E-state index in [2.05, 4.69) is 19.9 Å². The molecule has 156 valence electrons. The smallest absolute Gasteiger partial charge is 0.278 e. The van der Waals surface area contributed by atoms with Crippen molar-refractivity contribution in [2.24, 2.45) is 7.05 Å². The van der Waals surface area contributed by atoms with Crippen LogP contribution in [0.3, 0.4) is 0 Å². The highest BCUT2D eigenvalue weighted by atomic mass is 35.5. The molecule has 0 radical (unpaired) electrons. The topological polar surface area (TPSA) is 48.5 Å². The molecule has 0 amide bonds. The molecule has 0 saturated heterocycles. The number of hydrogen-bond acceptors (Lipinski definition) is 3. The molecule has 0 aliphatic carbocycles. The van der Waals surface area contributed by atoms with Gasteiger partial charge in [-0.15, -0.1) is 5.10 Å². The maximum atomic E-state index is 13.4. The zero-order valence-electron chi connectivity index (χ0n) is 18.2. The van der Waals surface area contributed by atoms with Crippen LogP contribution in [0.25, 0.3) is 16.9 Å². The maximum Gasteiger partial charge on any atom is 0.278 e. The summed E-state index contributed by atoms with van der Waals surface area (Å²) in [7, 11) is 3.38. The Labute approximate surface area is 177 Å². The highest BCUT2D eigenvalue weighted by Crippen LogP contribution is 2.35. The molecule has 29 heavy (non-hydrogen) atoms. The van der Waals surface area contributed by atoms with Crippen LogP contribution in [0.5, 0.6) is 5.75 Å². The maximum absolute atomic E-state index is 13.4. The van der Waals surface area contributed by atoms with Crippen LogP contribution in [0.2, 0.25) is 5.02 Å². The lowest BCUT2D eigenvalue weighted by Gasteiger charge is -2.16. The van der Waals surface area contributed by atoms with Gasteiger partial charge in [-0.3, -0.25) is 9.36 Å². The van der Waals surface area contributed by atoms with E-state index in [0.29, 0.717) is 28.0 Å². The van der Waals surface area contributed by atoms with Crippen molar-refractivity contribution in [3.63, 3.8) is 0 Å². The molecular weight excluding hydrogens is 386 g/mol. The Balaban J connectivity index is 2.29. The average Bonchev–Trinajstić information content (AvgIpc) is 3.01. The predicted octanol–water partition coefficient (Wildman–Crippen LogP) is 5.66. The van der Waals surface area contributed by atoms with E-state index in [1.54, 1.807) is 29.3 Å². The van der Waals surface area contributed by atoms with Gasteiger partial charge in [-0.25, -0.2) is 4.52 Å². The van der Waals surface area contributed by atoms with E-state index < -0.39 is 0 Å². The van der Waals surface area contributed by atoms with Gasteiger partial charge in [-0.2, -0.15) is 0 Å². The Morgan fingerprint density at radius 3 is 2.34 bits per heavy atom. The second-order valence-electron chi connectivity index (χ2n) is 7.76. The summed E-state index contributed by atoms with van der Waals surface area (Å²) in [5.41, 5.74) is 4.39. The van der Waals surface area contributed by atoms with Crippen LogP contribution in [0.4, 0.5) is 0 Å². The number of ether oxygens (including phenoxy) is 1. The molecule has 3 rings (SSSR count). The Morgan fingerprint density at radius 1 is 1.14 bits per heavy atom. The zero-order chi connectivity index (χ0) is 21.3. The minimum Gasteiger partial charge on any atom is -0.497 e. The van der Waals surface area contributed by atoms with Crippen LogP contribution in [0, 0.1) is 13.8 Å². The Kier molecular flexibility index (Phi) is 6.37. The summed E-state index contributed by atoms with van der Waals surface area (Å²) in [6, 6.07) is 5.79. The molecule has 0 bridgehead atoms. The normalized spacial score (nSPS) is 11.6. The molecule has 6 heteroatoms. The number of aryl methyl sites for hydroxylation is 2. The molecule has 0 spiro atoms. The average molecular weight is 416 g/mol. The molecule has 0 aliphatic heterocycles. The Morgan fingerprint density at radius 2 is 1.79 bits per heavy atom. The summed E-state index contributed by atoms with van der Waals surface area (Å²) in [5, 5.41) is 5.38. The van der Waals surface area contributed by atoms with Gasteiger partial charge in [0.1, 0.15) is 11.3 Å². The van der Waals surface area contributed by atoms with Gasteiger partial charge in [-0.1, -0.05) is 38.3 Å². The summed E-state index contributed by atoms with van der Waals surface area (Å²) >= 11 is 6.56. The quantitative estimate of drug-likeness (QED) is 0.500. The number of rotatable bonds is 7. The van der Waals surface area contributed by atoms with Crippen LogP contribution in [0.1, 0.15) is 62.3 Å². The highest BCUT2D eigenvalue weighted by molar-refractivity contribution is 6.33. The van der Waals surface area contributed by atoms with Crippen LogP contribution < -0.4 is 10.3 Å². The number of fused-ring (bicyclic) bond motifs is 1. The van der Waals surface area contributed by atoms with Crippen molar-refractivity contribution in [3.8, 4) is 17.1 Å². The van der Waals surface area contributed by atoms with Gasteiger partial charge in [0.2, 0.25) is 0 Å². The molecule has 0 atom stereocenters. The molecule has 0 aliphatic rings. The SMILES string of the molecule is CCCC(CCC)c1cc(C)n2nc(-c3c(C)cc(OC)cc3Cl)n(C)c(=O)c12. The van der Waals surface area contributed by atoms with Gasteiger partial charge in [-0.05, 0) is 61.9 Å². The standard InChI is InChI=1S/C23H30ClN3O2/c1-7-9-16(10-8-2)18-12-15(4)27-21(18)23(28)26(5)22(25-27)20-14(3)11-17(29-6)13-19(20)24/h11-13,16H,7-10H2,1-6H3. The first kappa shape index (κ1) is 21.4. The van der Waals surface area contributed by atoms with Crippen molar-refractivity contribution < 1.29 is 4.74 Å².